The Morgan fingerprint density at radius 1 is 1.28 bits per heavy atom. The number of halogens is 2. The van der Waals surface area contributed by atoms with E-state index in [0.717, 1.165) is 27.0 Å². The quantitative estimate of drug-likeness (QED) is 0.501. The van der Waals surface area contributed by atoms with Gasteiger partial charge in [-0.2, -0.15) is 0 Å². The van der Waals surface area contributed by atoms with Crippen LogP contribution in [0.5, 0.6) is 0 Å². The number of pyridine rings is 1. The molecule has 3 aromatic heterocycles. The van der Waals surface area contributed by atoms with Gasteiger partial charge in [0.05, 0.1) is 11.8 Å². The van der Waals surface area contributed by atoms with Crippen molar-refractivity contribution >= 4 is 43.4 Å². The van der Waals surface area contributed by atoms with Crippen LogP contribution in [0, 0.1) is 12.7 Å². The molecule has 3 heterocycles. The van der Waals surface area contributed by atoms with E-state index in [1.54, 1.807) is 12.1 Å². The Balaban J connectivity index is 2.08. The highest BCUT2D eigenvalue weighted by Crippen LogP contribution is 2.37. The van der Waals surface area contributed by atoms with E-state index in [1.165, 1.54) is 34.4 Å². The molecule has 1 aromatic carbocycles. The molecule has 4 nitrogen and oxygen atoms in total. The van der Waals surface area contributed by atoms with Crippen LogP contribution < -0.4 is 5.56 Å². The smallest absolute Gasteiger partial charge is 0.271 e. The van der Waals surface area contributed by atoms with Crippen molar-refractivity contribution in [1.82, 2.24) is 14.5 Å². The summed E-state index contributed by atoms with van der Waals surface area (Å²) in [5, 5.41) is 0.826. The second kappa shape index (κ2) is 6.20. The standard InChI is InChI=1S/C18H13ClFN3OS/c1-10-8-13(11-2-4-12(20)5-3-11)14-15-16(25-17(14)22-10)18(24)23(7-6-19)9-21-15/h2-5,8-9H,6-7H2,1H3. The van der Waals surface area contributed by atoms with Gasteiger partial charge in [0.15, 0.2) is 0 Å². The van der Waals surface area contributed by atoms with Gasteiger partial charge in [0.1, 0.15) is 15.3 Å². The normalized spacial score (nSPS) is 11.5. The van der Waals surface area contributed by atoms with Crippen molar-refractivity contribution in [2.24, 2.45) is 0 Å². The van der Waals surface area contributed by atoms with Gasteiger partial charge in [-0.05, 0) is 36.2 Å². The fourth-order valence-corrected chi connectivity index (χ4v) is 4.22. The average molecular weight is 374 g/mol. The third-order valence-electron chi connectivity index (χ3n) is 4.03. The number of aromatic nitrogens is 3. The van der Waals surface area contributed by atoms with Crippen LogP contribution >= 0.6 is 22.9 Å². The number of benzene rings is 1. The second-order valence-corrected chi connectivity index (χ2v) is 7.09. The summed E-state index contributed by atoms with van der Waals surface area (Å²) in [5.74, 6) is 0.0546. The van der Waals surface area contributed by atoms with Gasteiger partial charge >= 0.3 is 0 Å². The molecule has 0 fully saturated rings. The van der Waals surface area contributed by atoms with E-state index in [2.05, 4.69) is 9.97 Å². The summed E-state index contributed by atoms with van der Waals surface area (Å²) in [5.41, 5.74) is 3.11. The summed E-state index contributed by atoms with van der Waals surface area (Å²) in [6, 6.07) is 8.23. The molecule has 0 saturated heterocycles. The van der Waals surface area contributed by atoms with E-state index in [9.17, 15) is 9.18 Å². The minimum absolute atomic E-state index is 0.114. The number of aryl methyl sites for hydroxylation is 2. The molecule has 0 bridgehead atoms. The van der Waals surface area contributed by atoms with E-state index in [1.807, 2.05) is 13.0 Å². The Labute approximate surface area is 151 Å². The lowest BCUT2D eigenvalue weighted by Crippen LogP contribution is -2.20. The van der Waals surface area contributed by atoms with Gasteiger partial charge in [-0.1, -0.05) is 12.1 Å². The average Bonchev–Trinajstić information content (AvgIpc) is 2.96. The zero-order valence-corrected chi connectivity index (χ0v) is 14.9. The molecule has 0 saturated carbocycles. The number of hydrogen-bond acceptors (Lipinski definition) is 4. The second-order valence-electron chi connectivity index (χ2n) is 5.71. The molecule has 126 valence electrons. The minimum Gasteiger partial charge on any atom is -0.297 e. The first-order valence-corrected chi connectivity index (χ1v) is 9.05. The fourth-order valence-electron chi connectivity index (χ4n) is 2.89. The largest absolute Gasteiger partial charge is 0.297 e. The van der Waals surface area contributed by atoms with Crippen molar-refractivity contribution in [1.29, 1.82) is 0 Å². The van der Waals surface area contributed by atoms with Crippen LogP contribution in [-0.4, -0.2) is 20.4 Å². The Hall–Kier alpha value is -2.31. The first-order chi connectivity index (χ1) is 12.1. The number of thiophene rings is 1. The molecule has 0 atom stereocenters. The van der Waals surface area contributed by atoms with Crippen molar-refractivity contribution in [2.45, 2.75) is 13.5 Å². The topological polar surface area (TPSA) is 47.8 Å². The Kier molecular flexibility index (Phi) is 4.01. The highest BCUT2D eigenvalue weighted by atomic mass is 35.5. The maximum atomic E-state index is 13.3. The zero-order chi connectivity index (χ0) is 17.6. The van der Waals surface area contributed by atoms with E-state index in [0.29, 0.717) is 22.6 Å². The van der Waals surface area contributed by atoms with Crippen LogP contribution in [0.2, 0.25) is 0 Å². The molecule has 0 spiro atoms. The lowest BCUT2D eigenvalue weighted by atomic mass is 10.0. The van der Waals surface area contributed by atoms with Gasteiger partial charge in [-0.3, -0.25) is 9.36 Å². The molecule has 4 rings (SSSR count). The SMILES string of the molecule is Cc1cc(-c2ccc(F)cc2)c2c(n1)sc1c(=O)n(CCCl)cnc12. The van der Waals surface area contributed by atoms with Crippen LogP contribution in [0.15, 0.2) is 41.5 Å². The summed E-state index contributed by atoms with van der Waals surface area (Å²) in [6.07, 6.45) is 1.52. The predicted octanol–water partition coefficient (Wildman–Crippen LogP) is 4.36. The molecule has 4 aromatic rings. The molecule has 0 amide bonds. The van der Waals surface area contributed by atoms with Crippen LogP contribution in [0.1, 0.15) is 5.69 Å². The molecule has 0 aliphatic rings. The number of nitrogens with zero attached hydrogens (tertiary/aromatic N) is 3. The van der Waals surface area contributed by atoms with Crippen LogP contribution in [-0.2, 0) is 6.54 Å². The van der Waals surface area contributed by atoms with Gasteiger partial charge in [-0.15, -0.1) is 22.9 Å². The summed E-state index contributed by atoms with van der Waals surface area (Å²) in [6.45, 7) is 2.31. The van der Waals surface area contributed by atoms with Gasteiger partial charge in [0.25, 0.3) is 5.56 Å². The van der Waals surface area contributed by atoms with E-state index < -0.39 is 0 Å². The first-order valence-electron chi connectivity index (χ1n) is 7.69. The molecule has 0 N–H and O–H groups in total. The molecule has 0 aliphatic heterocycles. The fraction of sp³-hybridized carbons (Fsp3) is 0.167. The summed E-state index contributed by atoms with van der Waals surface area (Å²) in [7, 11) is 0. The number of fused-ring (bicyclic) bond motifs is 3. The lowest BCUT2D eigenvalue weighted by molar-refractivity contribution is 0.628. The van der Waals surface area contributed by atoms with Crippen molar-refractivity contribution in [2.75, 3.05) is 5.88 Å². The van der Waals surface area contributed by atoms with Crippen molar-refractivity contribution in [3.8, 4) is 11.1 Å². The lowest BCUT2D eigenvalue weighted by Gasteiger charge is -2.06. The van der Waals surface area contributed by atoms with E-state index in [4.69, 9.17) is 11.6 Å². The maximum Gasteiger partial charge on any atom is 0.271 e. The molecular formula is C18H13ClFN3OS. The Bertz CT molecular complexity index is 1150. The highest BCUT2D eigenvalue weighted by Gasteiger charge is 2.17. The third kappa shape index (κ3) is 2.71. The number of rotatable bonds is 3. The molecule has 0 unspecified atom stereocenters. The summed E-state index contributed by atoms with van der Waals surface area (Å²) < 4.78 is 15.3. The summed E-state index contributed by atoms with van der Waals surface area (Å²) >= 11 is 7.08. The van der Waals surface area contributed by atoms with E-state index in [-0.39, 0.29) is 11.4 Å². The Morgan fingerprint density at radius 2 is 2.04 bits per heavy atom. The molecule has 7 heteroatoms. The van der Waals surface area contributed by atoms with Gasteiger partial charge in [0.2, 0.25) is 0 Å². The highest BCUT2D eigenvalue weighted by molar-refractivity contribution is 7.25. The number of alkyl halides is 1. The molecule has 0 aliphatic carbocycles. The Morgan fingerprint density at radius 3 is 2.76 bits per heavy atom. The predicted molar refractivity (Wildman–Crippen MR) is 100 cm³/mol. The van der Waals surface area contributed by atoms with Crippen molar-refractivity contribution < 1.29 is 4.39 Å². The van der Waals surface area contributed by atoms with Crippen LogP contribution in [0.25, 0.3) is 31.6 Å². The minimum atomic E-state index is -0.289. The summed E-state index contributed by atoms with van der Waals surface area (Å²) in [4.78, 5) is 22.5. The third-order valence-corrected chi connectivity index (χ3v) is 5.26. The number of hydrogen-bond donors (Lipinski definition) is 0. The van der Waals surface area contributed by atoms with Gasteiger partial charge < -0.3 is 0 Å². The van der Waals surface area contributed by atoms with Crippen LogP contribution in [0.4, 0.5) is 4.39 Å². The zero-order valence-electron chi connectivity index (χ0n) is 13.3. The van der Waals surface area contributed by atoms with E-state index >= 15 is 0 Å². The maximum absolute atomic E-state index is 13.3. The van der Waals surface area contributed by atoms with Gasteiger partial charge in [-0.25, -0.2) is 14.4 Å². The van der Waals surface area contributed by atoms with Crippen LogP contribution in [0.3, 0.4) is 0 Å². The van der Waals surface area contributed by atoms with Crippen molar-refractivity contribution in [3.05, 3.63) is 58.5 Å². The molecular weight excluding hydrogens is 361 g/mol. The monoisotopic (exact) mass is 373 g/mol. The van der Waals surface area contributed by atoms with Gasteiger partial charge in [0, 0.05) is 23.5 Å². The molecule has 0 radical (unpaired) electrons. The first kappa shape index (κ1) is 16.2. The molecule has 25 heavy (non-hydrogen) atoms. The van der Waals surface area contributed by atoms with Crippen molar-refractivity contribution in [3.63, 3.8) is 0 Å².